The average molecular weight is 488 g/mol. The van der Waals surface area contributed by atoms with Crippen LogP contribution in [0.3, 0.4) is 0 Å². The lowest BCUT2D eigenvalue weighted by Crippen LogP contribution is -2.57. The van der Waals surface area contributed by atoms with Gasteiger partial charge < -0.3 is 19.5 Å². The second-order valence-electron chi connectivity index (χ2n) is 9.55. The molecule has 2 saturated heterocycles. The van der Waals surface area contributed by atoms with Crippen molar-refractivity contribution >= 4 is 17.5 Å². The van der Waals surface area contributed by atoms with Crippen LogP contribution >= 0.6 is 11.6 Å². The number of nitrogens with zero attached hydrogens (tertiary/aromatic N) is 3. The number of pyridine rings is 1. The fourth-order valence-electron chi connectivity index (χ4n) is 4.76. The SMILES string of the molecule is Cc1cc(OCC2(CC(=O)N3CCC(O)CC3)CN(Cc3cccnc3)CCO2)cc(C)c1Cl. The molecule has 2 aliphatic heterocycles. The number of hydrogen-bond acceptors (Lipinski definition) is 6. The number of benzene rings is 1. The Bertz CT molecular complexity index is 958. The number of aryl methyl sites for hydroxylation is 2. The molecule has 184 valence electrons. The highest BCUT2D eigenvalue weighted by molar-refractivity contribution is 6.32. The highest BCUT2D eigenvalue weighted by Gasteiger charge is 2.41. The molecule has 1 N–H and O–H groups in total. The molecule has 2 fully saturated rings. The normalized spacial score (nSPS) is 22.1. The number of morpholine rings is 1. The number of amides is 1. The molecule has 2 aromatic rings. The zero-order valence-electron chi connectivity index (χ0n) is 20.0. The number of aliphatic hydroxyl groups is 1. The lowest BCUT2D eigenvalue weighted by molar-refractivity contribution is -0.158. The van der Waals surface area contributed by atoms with Crippen molar-refractivity contribution in [2.24, 2.45) is 0 Å². The maximum atomic E-state index is 13.3. The standard InChI is InChI=1S/C26H34ClN3O4/c1-19-12-23(13-20(2)25(19)27)33-18-26(14-24(32)30-8-5-22(31)6-9-30)17-29(10-11-34-26)16-21-4-3-7-28-15-21/h3-4,7,12-13,15,22,31H,5-6,8-11,14,16-18H2,1-2H3. The Morgan fingerprint density at radius 3 is 2.68 bits per heavy atom. The summed E-state index contributed by atoms with van der Waals surface area (Å²) in [6.07, 6.45) is 4.79. The summed E-state index contributed by atoms with van der Waals surface area (Å²) in [5, 5.41) is 10.6. The summed E-state index contributed by atoms with van der Waals surface area (Å²) in [4.78, 5) is 21.6. The van der Waals surface area contributed by atoms with Crippen LogP contribution in [0, 0.1) is 13.8 Å². The fourth-order valence-corrected chi connectivity index (χ4v) is 4.87. The van der Waals surface area contributed by atoms with Crippen LogP contribution in [0.15, 0.2) is 36.7 Å². The third-order valence-corrected chi connectivity index (χ3v) is 7.26. The van der Waals surface area contributed by atoms with Gasteiger partial charge in [-0.2, -0.15) is 0 Å². The van der Waals surface area contributed by atoms with E-state index in [0.29, 0.717) is 39.1 Å². The number of likely N-dealkylation sites (tertiary alicyclic amines) is 1. The first kappa shape index (κ1) is 24.9. The maximum Gasteiger partial charge on any atom is 0.225 e. The summed E-state index contributed by atoms with van der Waals surface area (Å²) in [6.45, 7) is 7.95. The zero-order chi connectivity index (χ0) is 24.1. The van der Waals surface area contributed by atoms with Gasteiger partial charge in [-0.3, -0.25) is 14.7 Å². The first-order chi connectivity index (χ1) is 16.3. The second kappa shape index (κ2) is 11.0. The topological polar surface area (TPSA) is 75.1 Å². The molecule has 1 atom stereocenters. The first-order valence-electron chi connectivity index (χ1n) is 11.9. The van der Waals surface area contributed by atoms with Crippen molar-refractivity contribution in [3.8, 4) is 5.75 Å². The molecule has 2 aliphatic rings. The van der Waals surface area contributed by atoms with Crippen molar-refractivity contribution in [1.29, 1.82) is 0 Å². The van der Waals surface area contributed by atoms with Gasteiger partial charge in [0, 0.05) is 50.1 Å². The Balaban J connectivity index is 1.50. The summed E-state index contributed by atoms with van der Waals surface area (Å²) >= 11 is 6.33. The molecule has 1 unspecified atom stereocenters. The molecule has 8 heteroatoms. The van der Waals surface area contributed by atoms with Gasteiger partial charge in [0.1, 0.15) is 18.0 Å². The lowest BCUT2D eigenvalue weighted by atomic mass is 9.95. The quantitative estimate of drug-likeness (QED) is 0.645. The Kier molecular flexibility index (Phi) is 8.09. The highest BCUT2D eigenvalue weighted by atomic mass is 35.5. The van der Waals surface area contributed by atoms with E-state index in [1.54, 1.807) is 6.20 Å². The van der Waals surface area contributed by atoms with Crippen LogP contribution in [0.4, 0.5) is 0 Å². The first-order valence-corrected chi connectivity index (χ1v) is 12.3. The van der Waals surface area contributed by atoms with Crippen LogP contribution in [0.2, 0.25) is 5.02 Å². The molecule has 4 rings (SSSR count). The van der Waals surface area contributed by atoms with E-state index in [1.807, 2.05) is 43.1 Å². The lowest BCUT2D eigenvalue weighted by Gasteiger charge is -2.43. The van der Waals surface area contributed by atoms with Gasteiger partial charge in [-0.15, -0.1) is 0 Å². The van der Waals surface area contributed by atoms with E-state index >= 15 is 0 Å². The van der Waals surface area contributed by atoms with Gasteiger partial charge in [0.2, 0.25) is 5.91 Å². The van der Waals surface area contributed by atoms with Crippen LogP contribution < -0.4 is 4.74 Å². The van der Waals surface area contributed by atoms with Gasteiger partial charge in [-0.05, 0) is 61.6 Å². The minimum absolute atomic E-state index is 0.0437. The molecule has 0 aliphatic carbocycles. The van der Waals surface area contributed by atoms with E-state index in [1.165, 1.54) is 0 Å². The summed E-state index contributed by atoms with van der Waals surface area (Å²) in [5.74, 6) is 0.766. The molecule has 34 heavy (non-hydrogen) atoms. The van der Waals surface area contributed by atoms with Crippen molar-refractivity contribution in [2.75, 3.05) is 39.4 Å². The number of aromatic nitrogens is 1. The van der Waals surface area contributed by atoms with Crippen molar-refractivity contribution < 1.29 is 19.4 Å². The van der Waals surface area contributed by atoms with Gasteiger partial charge in [0.05, 0.1) is 19.1 Å². The fraction of sp³-hybridized carbons (Fsp3) is 0.538. The van der Waals surface area contributed by atoms with Crippen molar-refractivity contribution in [1.82, 2.24) is 14.8 Å². The molecule has 0 spiro atoms. The molecule has 0 radical (unpaired) electrons. The van der Waals surface area contributed by atoms with Gasteiger partial charge >= 0.3 is 0 Å². The van der Waals surface area contributed by atoms with E-state index in [9.17, 15) is 9.90 Å². The van der Waals surface area contributed by atoms with Crippen LogP contribution in [-0.4, -0.2) is 76.9 Å². The Morgan fingerprint density at radius 2 is 2.00 bits per heavy atom. The van der Waals surface area contributed by atoms with Gasteiger partial charge in [0.15, 0.2) is 0 Å². The smallest absolute Gasteiger partial charge is 0.225 e. The number of ether oxygens (including phenoxy) is 2. The number of hydrogen-bond donors (Lipinski definition) is 1. The van der Waals surface area contributed by atoms with E-state index in [0.717, 1.165) is 40.6 Å². The van der Waals surface area contributed by atoms with E-state index in [-0.39, 0.29) is 25.0 Å². The summed E-state index contributed by atoms with van der Waals surface area (Å²) in [7, 11) is 0. The summed E-state index contributed by atoms with van der Waals surface area (Å²) in [6, 6.07) is 7.84. The molecule has 3 heterocycles. The number of halogens is 1. The third-order valence-electron chi connectivity index (χ3n) is 6.66. The average Bonchev–Trinajstić information content (AvgIpc) is 2.82. The highest BCUT2D eigenvalue weighted by Crippen LogP contribution is 2.30. The zero-order valence-corrected chi connectivity index (χ0v) is 20.8. The molecule has 0 bridgehead atoms. The van der Waals surface area contributed by atoms with Crippen LogP contribution in [0.5, 0.6) is 5.75 Å². The number of aliphatic hydroxyl groups excluding tert-OH is 1. The molecular formula is C26H34ClN3O4. The molecule has 1 amide bonds. The minimum Gasteiger partial charge on any atom is -0.490 e. The van der Waals surface area contributed by atoms with Gasteiger partial charge in [-0.25, -0.2) is 0 Å². The third kappa shape index (κ3) is 6.27. The largest absolute Gasteiger partial charge is 0.490 e. The minimum atomic E-state index is -0.769. The Morgan fingerprint density at radius 1 is 1.26 bits per heavy atom. The van der Waals surface area contributed by atoms with Crippen molar-refractivity contribution in [3.05, 3.63) is 58.4 Å². The maximum absolute atomic E-state index is 13.3. The van der Waals surface area contributed by atoms with Crippen LogP contribution in [-0.2, 0) is 16.1 Å². The van der Waals surface area contributed by atoms with E-state index in [2.05, 4.69) is 16.0 Å². The molecule has 7 nitrogen and oxygen atoms in total. The molecule has 1 aromatic carbocycles. The molecular weight excluding hydrogens is 454 g/mol. The number of carbonyl (C=O) groups excluding carboxylic acids is 1. The van der Waals surface area contributed by atoms with E-state index in [4.69, 9.17) is 21.1 Å². The van der Waals surface area contributed by atoms with Crippen LogP contribution in [0.25, 0.3) is 0 Å². The number of rotatable bonds is 7. The Labute approximate surface area is 206 Å². The van der Waals surface area contributed by atoms with Crippen molar-refractivity contribution in [3.63, 3.8) is 0 Å². The number of carbonyl (C=O) groups is 1. The predicted octanol–water partition coefficient (Wildman–Crippen LogP) is 3.38. The summed E-state index contributed by atoms with van der Waals surface area (Å²) < 4.78 is 12.6. The van der Waals surface area contributed by atoms with Gasteiger partial charge in [0.25, 0.3) is 0 Å². The molecule has 1 aromatic heterocycles. The van der Waals surface area contributed by atoms with Crippen LogP contribution in [0.1, 0.15) is 36.0 Å². The van der Waals surface area contributed by atoms with E-state index < -0.39 is 5.60 Å². The predicted molar refractivity (Wildman–Crippen MR) is 131 cm³/mol. The summed E-state index contributed by atoms with van der Waals surface area (Å²) in [5.41, 5.74) is 2.27. The second-order valence-corrected chi connectivity index (χ2v) is 9.93. The number of piperidine rings is 1. The monoisotopic (exact) mass is 487 g/mol. The van der Waals surface area contributed by atoms with Gasteiger partial charge in [-0.1, -0.05) is 17.7 Å². The molecule has 0 saturated carbocycles. The Hall–Kier alpha value is -2.19. The van der Waals surface area contributed by atoms with Crippen molar-refractivity contribution in [2.45, 2.75) is 51.4 Å².